The van der Waals surface area contributed by atoms with E-state index in [-0.39, 0.29) is 23.7 Å². The number of hydrogen-bond acceptors (Lipinski definition) is 12. The number of halogens is 1. The van der Waals surface area contributed by atoms with E-state index in [1.165, 1.54) is 32.8 Å². The SMILES string of the molecule is CN(C)C(=O)[C@H]1CCc2c(sc3ncnc(Cl)c23)C1.CN(C)C(=O)[C@H]1CCc2c(sc3ncnc(Nc4cc5c(cc4N(C)CCC(C)(C)O)CN=C5)c23)C1. The molecule has 290 valence electrons. The van der Waals surface area contributed by atoms with Crippen LogP contribution in [0.3, 0.4) is 0 Å². The number of nitrogens with one attached hydrogen (secondary N) is 1. The highest BCUT2D eigenvalue weighted by Gasteiger charge is 2.31. The van der Waals surface area contributed by atoms with Crippen molar-refractivity contribution in [1.82, 2.24) is 29.7 Å². The molecule has 4 aromatic heterocycles. The first-order chi connectivity index (χ1) is 26.2. The van der Waals surface area contributed by atoms with E-state index in [0.29, 0.717) is 24.7 Å². The third-order valence-electron chi connectivity index (χ3n) is 10.7. The molecule has 1 aliphatic heterocycles. The molecular weight excluding hydrogens is 754 g/mol. The van der Waals surface area contributed by atoms with Gasteiger partial charge in [-0.2, -0.15) is 0 Å². The van der Waals surface area contributed by atoms with Crippen LogP contribution in [0.25, 0.3) is 20.4 Å². The van der Waals surface area contributed by atoms with Crippen molar-refractivity contribution in [2.24, 2.45) is 16.8 Å². The van der Waals surface area contributed by atoms with Gasteiger partial charge in [-0.15, -0.1) is 22.7 Å². The molecule has 55 heavy (non-hydrogen) atoms. The quantitative estimate of drug-likeness (QED) is 0.164. The Labute approximate surface area is 334 Å². The maximum Gasteiger partial charge on any atom is 0.225 e. The number of nitrogens with zero attached hydrogens (tertiary/aromatic N) is 8. The summed E-state index contributed by atoms with van der Waals surface area (Å²) in [6.45, 7) is 5.08. The van der Waals surface area contributed by atoms with Crippen LogP contribution in [0.5, 0.6) is 0 Å². The molecule has 0 unspecified atom stereocenters. The number of amides is 2. The number of aryl methyl sites for hydroxylation is 2. The van der Waals surface area contributed by atoms with Crippen molar-refractivity contribution in [3.05, 3.63) is 61.9 Å². The molecule has 0 saturated carbocycles. The fourth-order valence-electron chi connectivity index (χ4n) is 7.68. The van der Waals surface area contributed by atoms with Crippen LogP contribution >= 0.6 is 34.3 Å². The van der Waals surface area contributed by atoms with Gasteiger partial charge in [0, 0.05) is 69.6 Å². The van der Waals surface area contributed by atoms with Crippen LogP contribution in [0.4, 0.5) is 17.2 Å². The van der Waals surface area contributed by atoms with Crippen molar-refractivity contribution < 1.29 is 14.7 Å². The highest BCUT2D eigenvalue weighted by atomic mass is 35.5. The number of hydrogen-bond donors (Lipinski definition) is 2. The summed E-state index contributed by atoms with van der Waals surface area (Å²) in [7, 11) is 9.33. The highest BCUT2D eigenvalue weighted by molar-refractivity contribution is 7.19. The Bertz CT molecular complexity index is 2290. The largest absolute Gasteiger partial charge is 0.390 e. The van der Waals surface area contributed by atoms with E-state index in [4.69, 9.17) is 11.6 Å². The third-order valence-corrected chi connectivity index (χ3v) is 13.3. The number of fused-ring (bicyclic) bond motifs is 7. The molecule has 15 heteroatoms. The maximum atomic E-state index is 12.6. The highest BCUT2D eigenvalue weighted by Crippen LogP contribution is 2.43. The van der Waals surface area contributed by atoms with Crippen molar-refractivity contribution in [2.75, 3.05) is 52.0 Å². The number of aliphatic imine (C=N–C) groups is 1. The minimum absolute atomic E-state index is 0.0250. The van der Waals surface area contributed by atoms with E-state index < -0.39 is 5.60 Å². The van der Waals surface area contributed by atoms with Gasteiger partial charge in [-0.05, 0) is 93.2 Å². The standard InChI is InChI=1S/C27H34N6O2S.C13H14ClN3OS/c1-27(2,35)8-9-33(5)21-11-18-14-28-13-17(18)10-20(21)31-24-23-19-7-6-16(26(34)32(3)4)12-22(19)36-25(23)30-15-29-24;1-17(2)13(18)7-3-4-8-9(5-7)19-12-10(8)11(14)15-6-16-12/h10-11,13,15-16,35H,6-9,12,14H2,1-5H3,(H,29,30,31);6-7H,3-5H2,1-2H3/t16-;7-/m00/s1. The Balaban J connectivity index is 0.000000205. The molecule has 2 amide bonds. The fourth-order valence-corrected chi connectivity index (χ4v) is 10.5. The molecule has 2 aliphatic carbocycles. The molecule has 0 spiro atoms. The second kappa shape index (κ2) is 15.7. The lowest BCUT2D eigenvalue weighted by atomic mass is 9.87. The lowest BCUT2D eigenvalue weighted by Gasteiger charge is -2.27. The van der Waals surface area contributed by atoms with Gasteiger partial charge in [0.15, 0.2) is 0 Å². The number of benzene rings is 1. The third kappa shape index (κ3) is 8.18. The zero-order valence-electron chi connectivity index (χ0n) is 32.4. The monoisotopic (exact) mass is 801 g/mol. The van der Waals surface area contributed by atoms with E-state index in [2.05, 4.69) is 54.3 Å². The van der Waals surface area contributed by atoms with Crippen LogP contribution in [0, 0.1) is 11.8 Å². The summed E-state index contributed by atoms with van der Waals surface area (Å²) < 4.78 is 0. The Hall–Kier alpha value is -4.24. The van der Waals surface area contributed by atoms with Crippen molar-refractivity contribution in [1.29, 1.82) is 0 Å². The van der Waals surface area contributed by atoms with Crippen LogP contribution < -0.4 is 10.2 Å². The molecule has 0 fully saturated rings. The number of rotatable bonds is 8. The number of aliphatic hydroxyl groups is 1. The van der Waals surface area contributed by atoms with Crippen LogP contribution in [-0.4, -0.2) is 100 Å². The second-order valence-corrected chi connectivity index (χ2v) is 18.3. The lowest BCUT2D eigenvalue weighted by Crippen LogP contribution is -2.32. The van der Waals surface area contributed by atoms with Gasteiger partial charge in [0.2, 0.25) is 11.8 Å². The molecule has 8 rings (SSSR count). The van der Waals surface area contributed by atoms with E-state index in [0.717, 1.165) is 81.7 Å². The summed E-state index contributed by atoms with van der Waals surface area (Å²) in [5.74, 6) is 1.31. The topological polar surface area (TPSA) is 140 Å². The van der Waals surface area contributed by atoms with Gasteiger partial charge in [-0.1, -0.05) is 11.6 Å². The van der Waals surface area contributed by atoms with Crippen molar-refractivity contribution in [3.8, 4) is 0 Å². The van der Waals surface area contributed by atoms with E-state index in [1.54, 1.807) is 38.8 Å². The van der Waals surface area contributed by atoms with Gasteiger partial charge in [0.05, 0.1) is 34.3 Å². The Morgan fingerprint density at radius 1 is 0.873 bits per heavy atom. The van der Waals surface area contributed by atoms with Crippen molar-refractivity contribution in [2.45, 2.75) is 70.9 Å². The van der Waals surface area contributed by atoms with Gasteiger partial charge in [0.1, 0.15) is 33.3 Å². The number of aromatic nitrogens is 4. The van der Waals surface area contributed by atoms with Crippen molar-refractivity contribution in [3.63, 3.8) is 0 Å². The van der Waals surface area contributed by atoms with Gasteiger partial charge in [0.25, 0.3) is 0 Å². The average molecular weight is 802 g/mol. The van der Waals surface area contributed by atoms with Gasteiger partial charge < -0.3 is 25.1 Å². The van der Waals surface area contributed by atoms with Crippen LogP contribution in [0.1, 0.15) is 65.1 Å². The summed E-state index contributed by atoms with van der Waals surface area (Å²) in [6, 6.07) is 4.33. The molecule has 5 aromatic rings. The Kier molecular flexibility index (Phi) is 11.1. The normalized spacial score (nSPS) is 17.3. The second-order valence-electron chi connectivity index (χ2n) is 15.7. The van der Waals surface area contributed by atoms with Crippen LogP contribution in [0.2, 0.25) is 5.15 Å². The zero-order chi connectivity index (χ0) is 39.2. The van der Waals surface area contributed by atoms with Gasteiger partial charge in [-0.25, -0.2) is 19.9 Å². The minimum atomic E-state index is -0.734. The van der Waals surface area contributed by atoms with Crippen LogP contribution in [-0.2, 0) is 41.8 Å². The van der Waals surface area contributed by atoms with Crippen LogP contribution in [0.15, 0.2) is 29.8 Å². The summed E-state index contributed by atoms with van der Waals surface area (Å²) in [4.78, 5) is 56.6. The van der Waals surface area contributed by atoms with E-state index in [9.17, 15) is 14.7 Å². The molecule has 1 aromatic carbocycles. The molecule has 2 atom stereocenters. The first-order valence-electron chi connectivity index (χ1n) is 18.6. The molecule has 0 bridgehead atoms. The Morgan fingerprint density at radius 2 is 1.45 bits per heavy atom. The molecule has 3 aliphatic rings. The molecule has 0 saturated heterocycles. The minimum Gasteiger partial charge on any atom is -0.390 e. The molecule has 12 nitrogen and oxygen atoms in total. The zero-order valence-corrected chi connectivity index (χ0v) is 34.8. The van der Waals surface area contributed by atoms with E-state index >= 15 is 0 Å². The number of anilines is 3. The lowest BCUT2D eigenvalue weighted by molar-refractivity contribution is -0.134. The molecule has 5 heterocycles. The van der Waals surface area contributed by atoms with E-state index in [1.807, 2.05) is 48.3 Å². The summed E-state index contributed by atoms with van der Waals surface area (Å²) in [6.07, 6.45) is 10.7. The number of carbonyl (C=O) groups excluding carboxylic acids is 2. The molecule has 2 N–H and O–H groups in total. The average Bonchev–Trinajstić information content (AvgIpc) is 3.87. The van der Waals surface area contributed by atoms with Crippen molar-refractivity contribution >= 4 is 89.9 Å². The molecular formula is C40H48ClN9O3S2. The van der Waals surface area contributed by atoms with Gasteiger partial charge in [-0.3, -0.25) is 14.6 Å². The predicted molar refractivity (Wildman–Crippen MR) is 223 cm³/mol. The Morgan fingerprint density at radius 3 is 2.05 bits per heavy atom. The van der Waals surface area contributed by atoms with Gasteiger partial charge >= 0.3 is 0 Å². The maximum absolute atomic E-state index is 12.6. The summed E-state index contributed by atoms with van der Waals surface area (Å²) >= 11 is 9.48. The number of carbonyl (C=O) groups is 2. The first kappa shape index (κ1) is 39.0. The summed E-state index contributed by atoms with van der Waals surface area (Å²) in [5.41, 5.74) is 6.09. The first-order valence-corrected chi connectivity index (χ1v) is 20.6. The predicted octanol–water partition coefficient (Wildman–Crippen LogP) is 6.70. The molecule has 0 radical (unpaired) electrons. The summed E-state index contributed by atoms with van der Waals surface area (Å²) in [5, 5.41) is 16.5. The fraction of sp³-hybridized carbons (Fsp3) is 0.475. The number of thiophene rings is 2. The smallest absolute Gasteiger partial charge is 0.225 e.